The lowest BCUT2D eigenvalue weighted by atomic mass is 9.82. The molecule has 3 heteroatoms. The third kappa shape index (κ3) is 3.06. The maximum atomic E-state index is 6.13. The monoisotopic (exact) mass is 254 g/mol. The average molecular weight is 254 g/mol. The zero-order chi connectivity index (χ0) is 13.0. The van der Waals surface area contributed by atoms with Gasteiger partial charge < -0.3 is 10.5 Å². The molecule has 2 atom stereocenters. The average Bonchev–Trinajstić information content (AvgIpc) is 2.40. The quantitative estimate of drug-likeness (QED) is 0.837. The molecule has 0 aromatic rings. The number of likely N-dealkylation sites (tertiary alicyclic amines) is 1. The number of nitrogens with two attached hydrogens (primary N) is 1. The van der Waals surface area contributed by atoms with Crippen LogP contribution in [0, 0.1) is 5.92 Å². The van der Waals surface area contributed by atoms with Crippen molar-refractivity contribution in [1.82, 2.24) is 4.90 Å². The second-order valence-electron chi connectivity index (χ2n) is 6.28. The van der Waals surface area contributed by atoms with Crippen molar-refractivity contribution in [3.8, 4) is 0 Å². The van der Waals surface area contributed by atoms with Crippen molar-refractivity contribution in [1.29, 1.82) is 0 Å². The van der Waals surface area contributed by atoms with Gasteiger partial charge in [0.05, 0.1) is 6.10 Å². The molecule has 2 rings (SSSR count). The van der Waals surface area contributed by atoms with Crippen LogP contribution in [0.4, 0.5) is 0 Å². The molecule has 2 aliphatic rings. The minimum Gasteiger partial charge on any atom is -0.378 e. The van der Waals surface area contributed by atoms with Gasteiger partial charge in [-0.15, -0.1) is 0 Å². The summed E-state index contributed by atoms with van der Waals surface area (Å²) in [7, 11) is 0. The van der Waals surface area contributed by atoms with Crippen molar-refractivity contribution in [3.63, 3.8) is 0 Å². The number of rotatable bonds is 4. The molecule has 0 spiro atoms. The van der Waals surface area contributed by atoms with Gasteiger partial charge in [0, 0.05) is 18.7 Å². The zero-order valence-electron chi connectivity index (χ0n) is 12.2. The maximum absolute atomic E-state index is 6.13. The summed E-state index contributed by atoms with van der Waals surface area (Å²) in [6, 6.07) is 0. The number of piperidine rings is 1. The van der Waals surface area contributed by atoms with E-state index >= 15 is 0 Å². The highest BCUT2D eigenvalue weighted by atomic mass is 16.5. The van der Waals surface area contributed by atoms with Crippen molar-refractivity contribution in [2.75, 3.05) is 26.2 Å². The molecular formula is C15H30N2O. The summed E-state index contributed by atoms with van der Waals surface area (Å²) in [5, 5.41) is 0. The highest BCUT2D eigenvalue weighted by molar-refractivity contribution is 4.97. The Morgan fingerprint density at radius 3 is 2.61 bits per heavy atom. The number of hydrogen-bond acceptors (Lipinski definition) is 3. The van der Waals surface area contributed by atoms with Crippen LogP contribution < -0.4 is 5.73 Å². The van der Waals surface area contributed by atoms with E-state index in [1.165, 1.54) is 38.8 Å². The van der Waals surface area contributed by atoms with Gasteiger partial charge in [-0.05, 0) is 51.6 Å². The Labute approximate surface area is 112 Å². The summed E-state index contributed by atoms with van der Waals surface area (Å²) in [6.45, 7) is 8.65. The molecular weight excluding hydrogens is 224 g/mol. The predicted molar refractivity (Wildman–Crippen MR) is 75.6 cm³/mol. The largest absolute Gasteiger partial charge is 0.378 e. The third-order valence-corrected chi connectivity index (χ3v) is 5.00. The zero-order valence-corrected chi connectivity index (χ0v) is 12.2. The standard InChI is InChI=1S/C15H30N2O/c1-3-4-14-5-8-17(9-6-14)15(12-16)7-10-18-13(2)11-15/h13-14H,3-12,16H2,1-2H3. The molecule has 18 heavy (non-hydrogen) atoms. The van der Waals surface area contributed by atoms with E-state index in [1.54, 1.807) is 0 Å². The van der Waals surface area contributed by atoms with Crippen LogP contribution in [0.3, 0.4) is 0 Å². The molecule has 0 bridgehead atoms. The lowest BCUT2D eigenvalue weighted by Crippen LogP contribution is -2.60. The Balaban J connectivity index is 1.93. The lowest BCUT2D eigenvalue weighted by Gasteiger charge is -2.50. The van der Waals surface area contributed by atoms with Crippen molar-refractivity contribution >= 4 is 0 Å². The van der Waals surface area contributed by atoms with E-state index in [1.807, 2.05) is 0 Å². The minimum absolute atomic E-state index is 0.231. The summed E-state index contributed by atoms with van der Waals surface area (Å²) >= 11 is 0. The van der Waals surface area contributed by atoms with Crippen LogP contribution >= 0.6 is 0 Å². The Bertz CT molecular complexity index is 251. The molecule has 2 N–H and O–H groups in total. The summed E-state index contributed by atoms with van der Waals surface area (Å²) < 4.78 is 5.70. The highest BCUT2D eigenvalue weighted by Crippen LogP contribution is 2.34. The van der Waals surface area contributed by atoms with Crippen molar-refractivity contribution in [2.24, 2.45) is 11.7 Å². The summed E-state index contributed by atoms with van der Waals surface area (Å²) in [6.07, 6.45) is 8.07. The van der Waals surface area contributed by atoms with Crippen LogP contribution in [0.15, 0.2) is 0 Å². The molecule has 0 aromatic heterocycles. The third-order valence-electron chi connectivity index (χ3n) is 5.00. The fraction of sp³-hybridized carbons (Fsp3) is 1.00. The van der Waals surface area contributed by atoms with Gasteiger partial charge in [-0.25, -0.2) is 0 Å². The predicted octanol–water partition coefficient (Wildman–Crippen LogP) is 2.39. The van der Waals surface area contributed by atoms with Gasteiger partial charge in [0.1, 0.15) is 0 Å². The molecule has 2 heterocycles. The van der Waals surface area contributed by atoms with Crippen LogP contribution in [-0.2, 0) is 4.74 Å². The van der Waals surface area contributed by atoms with Crippen molar-refractivity contribution in [2.45, 2.75) is 64.0 Å². The van der Waals surface area contributed by atoms with E-state index in [-0.39, 0.29) is 5.54 Å². The molecule has 2 aliphatic heterocycles. The van der Waals surface area contributed by atoms with E-state index in [0.29, 0.717) is 6.10 Å². The normalized spacial score (nSPS) is 35.8. The first-order valence-corrected chi connectivity index (χ1v) is 7.77. The molecule has 2 unspecified atom stereocenters. The van der Waals surface area contributed by atoms with Crippen LogP contribution in [0.5, 0.6) is 0 Å². The molecule has 0 amide bonds. The first-order valence-electron chi connectivity index (χ1n) is 7.77. The topological polar surface area (TPSA) is 38.5 Å². The van der Waals surface area contributed by atoms with Crippen molar-refractivity contribution in [3.05, 3.63) is 0 Å². The van der Waals surface area contributed by atoms with E-state index < -0.39 is 0 Å². The summed E-state index contributed by atoms with van der Waals surface area (Å²) in [5.74, 6) is 0.957. The Morgan fingerprint density at radius 2 is 2.06 bits per heavy atom. The fourth-order valence-electron chi connectivity index (χ4n) is 3.85. The van der Waals surface area contributed by atoms with Crippen LogP contribution in [-0.4, -0.2) is 42.8 Å². The molecule has 0 saturated carbocycles. The molecule has 3 nitrogen and oxygen atoms in total. The van der Waals surface area contributed by atoms with Gasteiger partial charge in [-0.1, -0.05) is 19.8 Å². The molecule has 0 aliphatic carbocycles. The van der Waals surface area contributed by atoms with Gasteiger partial charge in [0.2, 0.25) is 0 Å². The van der Waals surface area contributed by atoms with Crippen LogP contribution in [0.2, 0.25) is 0 Å². The number of nitrogens with zero attached hydrogens (tertiary/aromatic N) is 1. The SMILES string of the molecule is CCCC1CCN(C2(CN)CCOC(C)C2)CC1. The van der Waals surface area contributed by atoms with Gasteiger partial charge in [0.25, 0.3) is 0 Å². The minimum atomic E-state index is 0.231. The van der Waals surface area contributed by atoms with Gasteiger partial charge in [0.15, 0.2) is 0 Å². The summed E-state index contributed by atoms with van der Waals surface area (Å²) in [5.41, 5.74) is 6.36. The van der Waals surface area contributed by atoms with E-state index in [2.05, 4.69) is 18.7 Å². The Hall–Kier alpha value is -0.120. The Kier molecular flexibility index (Phi) is 5.05. The Morgan fingerprint density at radius 1 is 1.33 bits per heavy atom. The van der Waals surface area contributed by atoms with Gasteiger partial charge >= 0.3 is 0 Å². The first-order chi connectivity index (χ1) is 8.70. The number of ether oxygens (including phenoxy) is 1. The second kappa shape index (κ2) is 6.36. The molecule has 0 radical (unpaired) electrons. The first kappa shape index (κ1) is 14.3. The van der Waals surface area contributed by atoms with E-state index in [4.69, 9.17) is 10.5 Å². The molecule has 2 fully saturated rings. The lowest BCUT2D eigenvalue weighted by molar-refractivity contribution is -0.0725. The van der Waals surface area contributed by atoms with Crippen molar-refractivity contribution < 1.29 is 4.74 Å². The number of hydrogen-bond donors (Lipinski definition) is 1. The van der Waals surface area contributed by atoms with E-state index in [9.17, 15) is 0 Å². The van der Waals surface area contributed by atoms with Crippen LogP contribution in [0.25, 0.3) is 0 Å². The fourth-order valence-corrected chi connectivity index (χ4v) is 3.85. The molecule has 0 aromatic carbocycles. The highest BCUT2D eigenvalue weighted by Gasteiger charge is 2.40. The summed E-state index contributed by atoms with van der Waals surface area (Å²) in [4.78, 5) is 2.68. The van der Waals surface area contributed by atoms with Gasteiger partial charge in [-0.3, -0.25) is 4.90 Å². The molecule has 106 valence electrons. The van der Waals surface area contributed by atoms with Gasteiger partial charge in [-0.2, -0.15) is 0 Å². The maximum Gasteiger partial charge on any atom is 0.0565 e. The molecule has 2 saturated heterocycles. The van der Waals surface area contributed by atoms with E-state index in [0.717, 1.165) is 31.9 Å². The second-order valence-corrected chi connectivity index (χ2v) is 6.28. The smallest absolute Gasteiger partial charge is 0.0565 e. The van der Waals surface area contributed by atoms with Crippen LogP contribution in [0.1, 0.15) is 52.4 Å².